The van der Waals surface area contributed by atoms with Crippen molar-refractivity contribution in [3.05, 3.63) is 58.4 Å². The van der Waals surface area contributed by atoms with Crippen LogP contribution < -0.4 is 5.73 Å². The highest BCUT2D eigenvalue weighted by Crippen LogP contribution is 2.59. The van der Waals surface area contributed by atoms with E-state index in [2.05, 4.69) is 0 Å². The molecule has 1 aromatic carbocycles. The summed E-state index contributed by atoms with van der Waals surface area (Å²) in [7, 11) is 1.46. The fourth-order valence-corrected chi connectivity index (χ4v) is 5.37. The van der Waals surface area contributed by atoms with E-state index < -0.39 is 36.2 Å². The molecule has 2 fully saturated rings. The van der Waals surface area contributed by atoms with Crippen molar-refractivity contribution in [2.24, 2.45) is 11.7 Å². The number of piperazine rings is 1. The minimum atomic E-state index is -1.22. The van der Waals surface area contributed by atoms with Gasteiger partial charge in [0, 0.05) is 24.8 Å². The third-order valence-electron chi connectivity index (χ3n) is 6.89. The Kier molecular flexibility index (Phi) is 4.25. The van der Waals surface area contributed by atoms with Crippen LogP contribution >= 0.6 is 0 Å². The molecule has 0 aromatic heterocycles. The molecular weight excluding hydrogens is 402 g/mol. The summed E-state index contributed by atoms with van der Waals surface area (Å²) in [6, 6.07) is 8.65. The number of nitrogens with two attached hydrogens (primary N) is 1. The minimum absolute atomic E-state index is 0.110. The summed E-state index contributed by atoms with van der Waals surface area (Å²) in [5, 5.41) is 10.2. The fourth-order valence-electron chi connectivity index (χ4n) is 5.37. The second kappa shape index (κ2) is 6.66. The SMILES string of the molecule is CO[C@@]12[C@H](CO)C3=C(C(=O)C(C)=C(N)C3=O)N1C[C@H]1[C@@H]2N1C(=O)OCc1ccccc1. The van der Waals surface area contributed by atoms with Crippen LogP contribution in [-0.4, -0.2) is 70.6 Å². The number of benzene rings is 1. The number of carbonyl (C=O) groups is 3. The van der Waals surface area contributed by atoms with Gasteiger partial charge in [-0.2, -0.15) is 0 Å². The summed E-state index contributed by atoms with van der Waals surface area (Å²) in [5.74, 6) is -1.62. The zero-order valence-corrected chi connectivity index (χ0v) is 17.2. The van der Waals surface area contributed by atoms with Crippen LogP contribution in [0.5, 0.6) is 0 Å². The zero-order valence-electron chi connectivity index (χ0n) is 17.2. The molecule has 3 N–H and O–H groups in total. The lowest BCUT2D eigenvalue weighted by Crippen LogP contribution is -2.55. The average molecular weight is 425 g/mol. The van der Waals surface area contributed by atoms with Gasteiger partial charge in [-0.1, -0.05) is 30.3 Å². The van der Waals surface area contributed by atoms with E-state index in [1.807, 2.05) is 30.3 Å². The Hall–Kier alpha value is -3.17. The van der Waals surface area contributed by atoms with Crippen molar-refractivity contribution in [1.82, 2.24) is 9.80 Å². The van der Waals surface area contributed by atoms with Crippen molar-refractivity contribution >= 4 is 17.7 Å². The average Bonchev–Trinajstić information content (AvgIpc) is 3.29. The summed E-state index contributed by atoms with van der Waals surface area (Å²) >= 11 is 0. The number of aliphatic hydroxyl groups excluding tert-OH is 1. The normalized spacial score (nSPS) is 31.1. The molecule has 9 nitrogen and oxygen atoms in total. The zero-order chi connectivity index (χ0) is 22.1. The molecular formula is C22H23N3O6. The molecule has 1 aromatic rings. The Morgan fingerprint density at radius 3 is 2.61 bits per heavy atom. The third kappa shape index (κ3) is 2.41. The Bertz CT molecular complexity index is 1040. The number of nitrogens with zero attached hydrogens (tertiary/aromatic N) is 2. The molecule has 4 atom stereocenters. The van der Waals surface area contributed by atoms with Gasteiger partial charge in [0.05, 0.1) is 30.0 Å². The molecule has 31 heavy (non-hydrogen) atoms. The van der Waals surface area contributed by atoms with Gasteiger partial charge in [-0.05, 0) is 12.5 Å². The van der Waals surface area contributed by atoms with Crippen LogP contribution in [0, 0.1) is 5.92 Å². The molecule has 0 spiro atoms. The maximum absolute atomic E-state index is 13.0. The molecule has 162 valence electrons. The number of ether oxygens (including phenoxy) is 2. The van der Waals surface area contributed by atoms with Gasteiger partial charge in [0.1, 0.15) is 12.6 Å². The van der Waals surface area contributed by atoms with E-state index in [9.17, 15) is 19.5 Å². The van der Waals surface area contributed by atoms with E-state index in [0.29, 0.717) is 6.54 Å². The van der Waals surface area contributed by atoms with Crippen LogP contribution in [0.15, 0.2) is 52.9 Å². The van der Waals surface area contributed by atoms with Crippen molar-refractivity contribution in [1.29, 1.82) is 0 Å². The first-order valence-electron chi connectivity index (χ1n) is 10.1. The number of hydrogen-bond acceptors (Lipinski definition) is 8. The first kappa shape index (κ1) is 19.8. The van der Waals surface area contributed by atoms with Gasteiger partial charge in [0.15, 0.2) is 5.72 Å². The topological polar surface area (TPSA) is 122 Å². The predicted molar refractivity (Wildman–Crippen MR) is 107 cm³/mol. The van der Waals surface area contributed by atoms with E-state index in [0.717, 1.165) is 5.56 Å². The van der Waals surface area contributed by atoms with Crippen LogP contribution in [0.3, 0.4) is 0 Å². The van der Waals surface area contributed by atoms with Gasteiger partial charge in [-0.15, -0.1) is 0 Å². The van der Waals surface area contributed by atoms with Crippen molar-refractivity contribution in [3.8, 4) is 0 Å². The number of rotatable bonds is 4. The van der Waals surface area contributed by atoms with Gasteiger partial charge in [-0.3, -0.25) is 14.5 Å². The molecule has 9 heteroatoms. The van der Waals surface area contributed by atoms with Crippen molar-refractivity contribution in [2.45, 2.75) is 31.3 Å². The summed E-state index contributed by atoms with van der Waals surface area (Å²) in [4.78, 5) is 42.0. The molecule has 1 aliphatic carbocycles. The standard InChI is InChI=1S/C22H23N3O6/c1-11-16(23)19(28)15-13(9-26)22(30-2)20-14(8-24(22)17(15)18(11)27)25(20)21(29)31-10-12-6-4-3-5-7-12/h3-7,13-14,20,26H,8-10,23H2,1-2H3/t13-,14+,20+,22-,25?/m1/s1. The molecule has 0 bridgehead atoms. The highest BCUT2D eigenvalue weighted by atomic mass is 16.6. The smallest absolute Gasteiger partial charge is 0.410 e. The lowest BCUT2D eigenvalue weighted by Gasteiger charge is -2.40. The Balaban J connectivity index is 1.43. The van der Waals surface area contributed by atoms with Crippen molar-refractivity contribution < 1.29 is 29.0 Å². The molecule has 4 aliphatic rings. The molecule has 0 radical (unpaired) electrons. The van der Waals surface area contributed by atoms with Crippen molar-refractivity contribution in [2.75, 3.05) is 20.3 Å². The van der Waals surface area contributed by atoms with Crippen LogP contribution in [0.2, 0.25) is 0 Å². The van der Waals surface area contributed by atoms with Gasteiger partial charge >= 0.3 is 6.09 Å². The first-order chi connectivity index (χ1) is 14.9. The monoisotopic (exact) mass is 425 g/mol. The third-order valence-corrected chi connectivity index (χ3v) is 6.89. The van der Waals surface area contributed by atoms with Gasteiger partial charge < -0.3 is 25.2 Å². The summed E-state index contributed by atoms with van der Waals surface area (Å²) in [6.07, 6.45) is -0.497. The highest BCUT2D eigenvalue weighted by Gasteiger charge is 2.77. The lowest BCUT2D eigenvalue weighted by atomic mass is 9.82. The number of methoxy groups -OCH3 is 1. The van der Waals surface area contributed by atoms with Gasteiger partial charge in [0.25, 0.3) is 0 Å². The largest absolute Gasteiger partial charge is 0.445 e. The number of aliphatic hydroxyl groups is 1. The summed E-state index contributed by atoms with van der Waals surface area (Å²) in [6.45, 7) is 1.53. The number of amides is 1. The van der Waals surface area contributed by atoms with Crippen molar-refractivity contribution in [3.63, 3.8) is 0 Å². The number of hydrogen-bond donors (Lipinski definition) is 2. The molecule has 5 rings (SSSR count). The molecule has 1 amide bonds. The summed E-state index contributed by atoms with van der Waals surface area (Å²) in [5.41, 5.74) is 6.00. The number of carbonyl (C=O) groups excluding carboxylic acids is 3. The molecule has 2 saturated heterocycles. The number of Topliss-reactive ketones (excluding diaryl/α,β-unsaturated/α-hetero) is 2. The van der Waals surface area contributed by atoms with E-state index in [-0.39, 0.29) is 41.0 Å². The fraction of sp³-hybridized carbons (Fsp3) is 0.409. The molecule has 0 saturated carbocycles. The number of fused-ring (bicyclic) bond motifs is 4. The maximum atomic E-state index is 13.0. The number of ketones is 2. The second-order valence-electron chi connectivity index (χ2n) is 8.22. The Morgan fingerprint density at radius 2 is 1.97 bits per heavy atom. The van der Waals surface area contributed by atoms with Gasteiger partial charge in [0.2, 0.25) is 11.6 Å². The van der Waals surface area contributed by atoms with Crippen LogP contribution in [-0.2, 0) is 25.7 Å². The highest BCUT2D eigenvalue weighted by molar-refractivity contribution is 6.25. The Labute approximate surface area is 178 Å². The molecule has 3 heterocycles. The van der Waals surface area contributed by atoms with Crippen LogP contribution in [0.25, 0.3) is 0 Å². The maximum Gasteiger partial charge on any atom is 0.410 e. The quantitative estimate of drug-likeness (QED) is 0.522. The van der Waals surface area contributed by atoms with E-state index in [1.54, 1.807) is 9.80 Å². The molecule has 3 aliphatic heterocycles. The van der Waals surface area contributed by atoms with E-state index >= 15 is 0 Å². The minimum Gasteiger partial charge on any atom is -0.445 e. The number of allylic oxidation sites excluding steroid dienone is 2. The van der Waals surface area contributed by atoms with E-state index in [1.165, 1.54) is 14.0 Å². The second-order valence-corrected chi connectivity index (χ2v) is 8.22. The molecule has 0 unspecified atom stereocenters. The van der Waals surface area contributed by atoms with Crippen LogP contribution in [0.4, 0.5) is 4.79 Å². The summed E-state index contributed by atoms with van der Waals surface area (Å²) < 4.78 is 11.4. The lowest BCUT2D eigenvalue weighted by molar-refractivity contribution is -0.144. The van der Waals surface area contributed by atoms with Crippen LogP contribution in [0.1, 0.15) is 12.5 Å². The van der Waals surface area contributed by atoms with Gasteiger partial charge in [-0.25, -0.2) is 4.79 Å². The predicted octanol–water partition coefficient (Wildman–Crippen LogP) is 0.295. The first-order valence-corrected chi connectivity index (χ1v) is 10.1. The Morgan fingerprint density at radius 1 is 1.26 bits per heavy atom. The van der Waals surface area contributed by atoms with E-state index in [4.69, 9.17) is 15.2 Å².